The van der Waals surface area contributed by atoms with Crippen molar-refractivity contribution in [3.05, 3.63) is 64.1 Å². The van der Waals surface area contributed by atoms with Crippen molar-refractivity contribution in [1.82, 2.24) is 10.6 Å². The van der Waals surface area contributed by atoms with E-state index >= 15 is 0 Å². The van der Waals surface area contributed by atoms with Gasteiger partial charge in [-0.05, 0) is 24.3 Å². The summed E-state index contributed by atoms with van der Waals surface area (Å²) in [6, 6.07) is 14.7. The lowest BCUT2D eigenvalue weighted by Crippen LogP contribution is -2.37. The van der Waals surface area contributed by atoms with Gasteiger partial charge in [-0.2, -0.15) is 0 Å². The molecule has 0 bridgehead atoms. The van der Waals surface area contributed by atoms with E-state index in [2.05, 4.69) is 26.6 Å². The van der Waals surface area contributed by atoms with Crippen LogP contribution in [0.4, 0.5) is 0 Å². The summed E-state index contributed by atoms with van der Waals surface area (Å²) in [5, 5.41) is 5.63. The third-order valence-corrected chi connectivity index (χ3v) is 4.31. The molecule has 2 aromatic rings. The minimum absolute atomic E-state index is 0.0864. The molecule has 2 amide bonds. The first-order chi connectivity index (χ1) is 11.6. The molecular weight excluding hydrogens is 372 g/mol. The van der Waals surface area contributed by atoms with Gasteiger partial charge in [-0.3, -0.25) is 9.59 Å². The Labute approximate surface area is 148 Å². The molecule has 3 rings (SSSR count). The monoisotopic (exact) mass is 388 g/mol. The maximum atomic E-state index is 12.3. The molecule has 124 valence electrons. The van der Waals surface area contributed by atoms with Gasteiger partial charge in [-0.1, -0.05) is 40.2 Å². The highest BCUT2D eigenvalue weighted by molar-refractivity contribution is 9.10. The summed E-state index contributed by atoms with van der Waals surface area (Å²) in [6.45, 7) is 1.10. The Morgan fingerprint density at radius 1 is 1.08 bits per heavy atom. The van der Waals surface area contributed by atoms with Gasteiger partial charge in [0.05, 0.1) is 0 Å². The van der Waals surface area contributed by atoms with Crippen LogP contribution in [0.2, 0.25) is 0 Å². The van der Waals surface area contributed by atoms with Crippen molar-refractivity contribution in [2.75, 3.05) is 19.7 Å². The van der Waals surface area contributed by atoms with Gasteiger partial charge in [0.1, 0.15) is 18.3 Å². The standard InChI is InChI=1S/C18H17BrN2O3/c19-13-5-3-4-12(10-13)17(22)20-8-9-21-18(23)15-11-24-16-7-2-1-6-14(15)16/h1-7,10,15H,8-9,11H2,(H,20,22)(H,21,23). The third-order valence-electron chi connectivity index (χ3n) is 3.81. The number of fused-ring (bicyclic) bond motifs is 1. The molecular formula is C18H17BrN2O3. The van der Waals surface area contributed by atoms with E-state index in [-0.39, 0.29) is 17.7 Å². The zero-order chi connectivity index (χ0) is 16.9. The van der Waals surface area contributed by atoms with E-state index in [0.717, 1.165) is 15.8 Å². The van der Waals surface area contributed by atoms with Gasteiger partial charge in [0.25, 0.3) is 5.91 Å². The number of para-hydroxylation sites is 1. The van der Waals surface area contributed by atoms with Crippen LogP contribution in [0.3, 0.4) is 0 Å². The van der Waals surface area contributed by atoms with E-state index in [1.807, 2.05) is 30.3 Å². The largest absolute Gasteiger partial charge is 0.492 e. The second-order valence-electron chi connectivity index (χ2n) is 5.46. The predicted octanol–water partition coefficient (Wildman–Crippen LogP) is 2.47. The van der Waals surface area contributed by atoms with E-state index in [0.29, 0.717) is 25.3 Å². The van der Waals surface area contributed by atoms with Gasteiger partial charge in [0, 0.05) is 28.7 Å². The first kappa shape index (κ1) is 16.5. The van der Waals surface area contributed by atoms with Gasteiger partial charge in [0.15, 0.2) is 0 Å². The summed E-state index contributed by atoms with van der Waals surface area (Å²) < 4.78 is 6.36. The molecule has 0 spiro atoms. The van der Waals surface area contributed by atoms with Gasteiger partial charge in [-0.25, -0.2) is 0 Å². The number of hydrogen-bond donors (Lipinski definition) is 2. The molecule has 2 N–H and O–H groups in total. The zero-order valence-corrected chi connectivity index (χ0v) is 14.5. The average molecular weight is 389 g/mol. The maximum absolute atomic E-state index is 12.3. The Morgan fingerprint density at radius 2 is 1.88 bits per heavy atom. The van der Waals surface area contributed by atoms with Crippen LogP contribution >= 0.6 is 15.9 Å². The number of rotatable bonds is 5. The highest BCUT2D eigenvalue weighted by Crippen LogP contribution is 2.33. The molecule has 1 unspecified atom stereocenters. The second-order valence-corrected chi connectivity index (χ2v) is 6.37. The smallest absolute Gasteiger partial charge is 0.251 e. The molecule has 0 saturated carbocycles. The van der Waals surface area contributed by atoms with E-state index in [4.69, 9.17) is 4.74 Å². The lowest BCUT2D eigenvalue weighted by molar-refractivity contribution is -0.122. The van der Waals surface area contributed by atoms with Crippen molar-refractivity contribution in [3.8, 4) is 5.75 Å². The van der Waals surface area contributed by atoms with Crippen molar-refractivity contribution < 1.29 is 14.3 Å². The summed E-state index contributed by atoms with van der Waals surface area (Å²) in [5.41, 5.74) is 1.49. The number of carbonyl (C=O) groups is 2. The molecule has 5 nitrogen and oxygen atoms in total. The number of ether oxygens (including phenoxy) is 1. The number of amides is 2. The van der Waals surface area contributed by atoms with Crippen molar-refractivity contribution in [2.24, 2.45) is 0 Å². The SMILES string of the molecule is O=C(NCCNC(=O)C1COc2ccccc21)c1cccc(Br)c1. The highest BCUT2D eigenvalue weighted by atomic mass is 79.9. The molecule has 1 aliphatic rings. The van der Waals surface area contributed by atoms with Crippen LogP contribution in [0.25, 0.3) is 0 Å². The first-order valence-corrected chi connectivity index (χ1v) is 8.47. The van der Waals surface area contributed by atoms with Gasteiger partial charge in [0.2, 0.25) is 5.91 Å². The van der Waals surface area contributed by atoms with Crippen LogP contribution in [0.15, 0.2) is 53.0 Å². The summed E-state index contributed by atoms with van der Waals surface area (Å²) in [6.07, 6.45) is 0. The summed E-state index contributed by atoms with van der Waals surface area (Å²) in [5.74, 6) is 0.222. The lowest BCUT2D eigenvalue weighted by atomic mass is 10.0. The minimum Gasteiger partial charge on any atom is -0.492 e. The van der Waals surface area contributed by atoms with Crippen LogP contribution in [0, 0.1) is 0 Å². The fraction of sp³-hybridized carbons (Fsp3) is 0.222. The van der Waals surface area contributed by atoms with E-state index in [1.54, 1.807) is 18.2 Å². The Balaban J connectivity index is 1.46. The molecule has 2 aromatic carbocycles. The maximum Gasteiger partial charge on any atom is 0.251 e. The Kier molecular flexibility index (Phi) is 5.15. The van der Waals surface area contributed by atoms with Crippen LogP contribution in [0.5, 0.6) is 5.75 Å². The second kappa shape index (κ2) is 7.49. The van der Waals surface area contributed by atoms with Crippen LogP contribution in [0.1, 0.15) is 21.8 Å². The summed E-state index contributed by atoms with van der Waals surface area (Å²) >= 11 is 3.33. The number of nitrogens with one attached hydrogen (secondary N) is 2. The average Bonchev–Trinajstić information content (AvgIpc) is 3.02. The number of halogens is 1. The van der Waals surface area contributed by atoms with E-state index in [1.165, 1.54) is 0 Å². The van der Waals surface area contributed by atoms with Crippen LogP contribution < -0.4 is 15.4 Å². The van der Waals surface area contributed by atoms with Crippen LogP contribution in [-0.2, 0) is 4.79 Å². The molecule has 1 aliphatic heterocycles. The van der Waals surface area contributed by atoms with Crippen molar-refractivity contribution in [3.63, 3.8) is 0 Å². The van der Waals surface area contributed by atoms with Crippen LogP contribution in [-0.4, -0.2) is 31.5 Å². The Morgan fingerprint density at radius 3 is 2.71 bits per heavy atom. The molecule has 0 radical (unpaired) electrons. The number of hydrogen-bond acceptors (Lipinski definition) is 3. The first-order valence-electron chi connectivity index (χ1n) is 7.68. The minimum atomic E-state index is -0.290. The Bertz CT molecular complexity index is 763. The molecule has 1 atom stereocenters. The van der Waals surface area contributed by atoms with Gasteiger partial charge >= 0.3 is 0 Å². The number of carbonyl (C=O) groups excluding carboxylic acids is 2. The van der Waals surface area contributed by atoms with E-state index in [9.17, 15) is 9.59 Å². The summed E-state index contributed by atoms with van der Waals surface area (Å²) in [7, 11) is 0. The fourth-order valence-electron chi connectivity index (χ4n) is 2.60. The molecule has 6 heteroatoms. The third kappa shape index (κ3) is 3.76. The molecule has 24 heavy (non-hydrogen) atoms. The van der Waals surface area contributed by atoms with Gasteiger partial charge < -0.3 is 15.4 Å². The van der Waals surface area contributed by atoms with Crippen molar-refractivity contribution in [1.29, 1.82) is 0 Å². The molecule has 0 fully saturated rings. The van der Waals surface area contributed by atoms with Crippen molar-refractivity contribution >= 4 is 27.7 Å². The number of benzene rings is 2. The quantitative estimate of drug-likeness (QED) is 0.773. The van der Waals surface area contributed by atoms with Crippen molar-refractivity contribution in [2.45, 2.75) is 5.92 Å². The van der Waals surface area contributed by atoms with E-state index < -0.39 is 0 Å². The predicted molar refractivity (Wildman–Crippen MR) is 94.2 cm³/mol. The zero-order valence-electron chi connectivity index (χ0n) is 12.9. The molecule has 1 heterocycles. The fourth-order valence-corrected chi connectivity index (χ4v) is 3.00. The molecule has 0 saturated heterocycles. The normalized spacial score (nSPS) is 15.3. The molecule has 0 aromatic heterocycles. The summed E-state index contributed by atoms with van der Waals surface area (Å²) in [4.78, 5) is 24.3. The topological polar surface area (TPSA) is 67.4 Å². The Hall–Kier alpha value is -2.34. The molecule has 0 aliphatic carbocycles. The lowest BCUT2D eigenvalue weighted by Gasteiger charge is -2.11. The van der Waals surface area contributed by atoms with Gasteiger partial charge in [-0.15, -0.1) is 0 Å². The highest BCUT2D eigenvalue weighted by Gasteiger charge is 2.29.